The van der Waals surface area contributed by atoms with E-state index >= 15 is 0 Å². The van der Waals surface area contributed by atoms with Gasteiger partial charge in [-0.2, -0.15) is 0 Å². The number of rotatable bonds is 8. The maximum atomic E-state index is 11.7. The standard InChI is InChI=1S/C16H18ClN3O4/c1-2-3-8-13-18-14(15(17)19-13)11(16(21)22)9-10-6-4-5-7-12(10)20(23)24/h4-7,11H,2-3,8-9H2,1H3,(H,18,19)(H,21,22). The van der Waals surface area contributed by atoms with Gasteiger partial charge in [0.1, 0.15) is 11.7 Å². The van der Waals surface area contributed by atoms with Crippen LogP contribution in [0.15, 0.2) is 24.3 Å². The summed E-state index contributed by atoms with van der Waals surface area (Å²) in [5.41, 5.74) is 0.523. The van der Waals surface area contributed by atoms with Gasteiger partial charge in [0.25, 0.3) is 5.69 Å². The topological polar surface area (TPSA) is 109 Å². The van der Waals surface area contributed by atoms with Crippen LogP contribution in [0.1, 0.15) is 42.8 Å². The second-order valence-corrected chi connectivity index (χ2v) is 5.83. The molecular formula is C16H18ClN3O4. The maximum absolute atomic E-state index is 11.7. The number of aromatic nitrogens is 2. The Kier molecular flexibility index (Phi) is 5.92. The molecule has 0 bridgehead atoms. The number of benzene rings is 1. The molecule has 0 radical (unpaired) electrons. The molecule has 2 aromatic rings. The van der Waals surface area contributed by atoms with Crippen LogP contribution in [0, 0.1) is 10.1 Å². The molecule has 1 aromatic heterocycles. The average Bonchev–Trinajstić information content (AvgIpc) is 2.91. The van der Waals surface area contributed by atoms with Crippen molar-refractivity contribution >= 4 is 23.3 Å². The Morgan fingerprint density at radius 1 is 1.46 bits per heavy atom. The molecule has 0 saturated heterocycles. The van der Waals surface area contributed by atoms with Crippen molar-refractivity contribution in [3.05, 3.63) is 56.6 Å². The molecule has 24 heavy (non-hydrogen) atoms. The van der Waals surface area contributed by atoms with E-state index in [-0.39, 0.29) is 23.0 Å². The van der Waals surface area contributed by atoms with Crippen LogP contribution in [0.2, 0.25) is 5.15 Å². The minimum atomic E-state index is -1.11. The highest BCUT2D eigenvalue weighted by molar-refractivity contribution is 6.30. The molecule has 0 aliphatic heterocycles. The summed E-state index contributed by atoms with van der Waals surface area (Å²) in [6.45, 7) is 2.04. The number of hydrogen-bond acceptors (Lipinski definition) is 4. The van der Waals surface area contributed by atoms with E-state index in [1.807, 2.05) is 6.92 Å². The predicted molar refractivity (Wildman–Crippen MR) is 89.4 cm³/mol. The molecular weight excluding hydrogens is 334 g/mol. The van der Waals surface area contributed by atoms with Crippen LogP contribution in [0.25, 0.3) is 0 Å². The van der Waals surface area contributed by atoms with Crippen LogP contribution in [-0.4, -0.2) is 26.0 Å². The number of aliphatic carboxylic acids is 1. The molecule has 0 fully saturated rings. The normalized spacial score (nSPS) is 12.1. The van der Waals surface area contributed by atoms with E-state index in [0.29, 0.717) is 17.8 Å². The Morgan fingerprint density at radius 3 is 2.79 bits per heavy atom. The Labute approximate surface area is 143 Å². The zero-order chi connectivity index (χ0) is 17.7. The van der Waals surface area contributed by atoms with Crippen LogP contribution in [0.4, 0.5) is 5.69 Å². The van der Waals surface area contributed by atoms with Crippen LogP contribution >= 0.6 is 11.6 Å². The Bertz CT molecular complexity index is 745. The monoisotopic (exact) mass is 351 g/mol. The average molecular weight is 352 g/mol. The molecule has 1 aromatic carbocycles. The number of carboxylic acids is 1. The van der Waals surface area contributed by atoms with Crippen molar-refractivity contribution in [3.63, 3.8) is 0 Å². The number of aromatic amines is 1. The maximum Gasteiger partial charge on any atom is 0.312 e. The number of carbonyl (C=O) groups is 1. The zero-order valence-electron chi connectivity index (χ0n) is 13.2. The summed E-state index contributed by atoms with van der Waals surface area (Å²) < 4.78 is 0. The quantitative estimate of drug-likeness (QED) is 0.556. The Morgan fingerprint density at radius 2 is 2.17 bits per heavy atom. The largest absolute Gasteiger partial charge is 0.481 e. The number of halogens is 1. The van der Waals surface area contributed by atoms with E-state index in [0.717, 1.165) is 12.8 Å². The van der Waals surface area contributed by atoms with Gasteiger partial charge in [0, 0.05) is 18.1 Å². The lowest BCUT2D eigenvalue weighted by atomic mass is 9.95. The van der Waals surface area contributed by atoms with Crippen LogP contribution in [0.5, 0.6) is 0 Å². The van der Waals surface area contributed by atoms with Crippen LogP contribution < -0.4 is 0 Å². The zero-order valence-corrected chi connectivity index (χ0v) is 13.9. The summed E-state index contributed by atoms with van der Waals surface area (Å²) in [5, 5.41) is 20.8. The second-order valence-electron chi connectivity index (χ2n) is 5.47. The number of nitro benzene ring substituents is 1. The highest BCUT2D eigenvalue weighted by Crippen LogP contribution is 2.29. The number of nitro groups is 1. The van der Waals surface area contributed by atoms with Crippen molar-refractivity contribution in [1.82, 2.24) is 9.97 Å². The predicted octanol–water partition coefficient (Wildman–Crippen LogP) is 3.72. The first kappa shape index (κ1) is 17.9. The van der Waals surface area contributed by atoms with Crippen molar-refractivity contribution in [3.8, 4) is 0 Å². The molecule has 0 saturated carbocycles. The van der Waals surface area contributed by atoms with Gasteiger partial charge < -0.3 is 10.1 Å². The fraction of sp³-hybridized carbons (Fsp3) is 0.375. The molecule has 0 spiro atoms. The van der Waals surface area contributed by atoms with Crippen molar-refractivity contribution in [2.75, 3.05) is 0 Å². The SMILES string of the molecule is CCCCc1nc(Cl)c(C(Cc2ccccc2[N+](=O)[O-])C(=O)O)[nH]1. The molecule has 0 aliphatic rings. The smallest absolute Gasteiger partial charge is 0.312 e. The molecule has 2 N–H and O–H groups in total. The van der Waals surface area contributed by atoms with Crippen molar-refractivity contribution in [2.24, 2.45) is 0 Å². The number of hydrogen-bond donors (Lipinski definition) is 2. The van der Waals surface area contributed by atoms with E-state index in [9.17, 15) is 20.0 Å². The minimum absolute atomic E-state index is 0.0401. The molecule has 8 heteroatoms. The summed E-state index contributed by atoms with van der Waals surface area (Å²) in [6.07, 6.45) is 2.52. The molecule has 0 amide bonds. The third-order valence-electron chi connectivity index (χ3n) is 3.76. The van der Waals surface area contributed by atoms with E-state index < -0.39 is 16.8 Å². The number of imidazole rings is 1. The molecule has 128 valence electrons. The lowest BCUT2D eigenvalue weighted by Crippen LogP contribution is -2.16. The molecule has 2 rings (SSSR count). The van der Waals surface area contributed by atoms with E-state index in [1.165, 1.54) is 6.07 Å². The van der Waals surface area contributed by atoms with Gasteiger partial charge in [-0.15, -0.1) is 0 Å². The number of carboxylic acid groups (broad SMARTS) is 1. The fourth-order valence-corrected chi connectivity index (χ4v) is 2.78. The highest BCUT2D eigenvalue weighted by atomic mass is 35.5. The van der Waals surface area contributed by atoms with E-state index in [4.69, 9.17) is 11.6 Å². The Hall–Kier alpha value is -2.41. The summed E-state index contributed by atoms with van der Waals surface area (Å²) in [6, 6.07) is 6.09. The number of H-pyrrole nitrogens is 1. The first-order valence-electron chi connectivity index (χ1n) is 7.63. The van der Waals surface area contributed by atoms with Gasteiger partial charge in [0.05, 0.1) is 10.6 Å². The molecule has 0 aliphatic carbocycles. The second kappa shape index (κ2) is 7.92. The van der Waals surface area contributed by atoms with Gasteiger partial charge in [-0.05, 0) is 12.8 Å². The first-order chi connectivity index (χ1) is 11.4. The number of nitrogens with zero attached hydrogens (tertiary/aromatic N) is 2. The summed E-state index contributed by atoms with van der Waals surface area (Å²) >= 11 is 6.09. The van der Waals surface area contributed by atoms with E-state index in [2.05, 4.69) is 9.97 Å². The Balaban J connectivity index is 2.33. The van der Waals surface area contributed by atoms with Gasteiger partial charge in [0.2, 0.25) is 0 Å². The number of nitrogens with one attached hydrogen (secondary N) is 1. The van der Waals surface area contributed by atoms with Crippen molar-refractivity contribution in [1.29, 1.82) is 0 Å². The van der Waals surface area contributed by atoms with Gasteiger partial charge in [0.15, 0.2) is 5.15 Å². The van der Waals surface area contributed by atoms with Crippen LogP contribution in [-0.2, 0) is 17.6 Å². The minimum Gasteiger partial charge on any atom is -0.481 e. The van der Waals surface area contributed by atoms with Gasteiger partial charge in [-0.1, -0.05) is 43.1 Å². The lowest BCUT2D eigenvalue weighted by Gasteiger charge is -2.11. The van der Waals surface area contributed by atoms with Gasteiger partial charge in [-0.25, -0.2) is 4.98 Å². The van der Waals surface area contributed by atoms with Gasteiger partial charge >= 0.3 is 5.97 Å². The number of aryl methyl sites for hydroxylation is 1. The summed E-state index contributed by atoms with van der Waals surface area (Å²) in [5.74, 6) is -1.51. The molecule has 1 unspecified atom stereocenters. The lowest BCUT2D eigenvalue weighted by molar-refractivity contribution is -0.385. The summed E-state index contributed by atoms with van der Waals surface area (Å²) in [7, 11) is 0. The van der Waals surface area contributed by atoms with Crippen molar-refractivity contribution in [2.45, 2.75) is 38.5 Å². The van der Waals surface area contributed by atoms with Crippen molar-refractivity contribution < 1.29 is 14.8 Å². The fourth-order valence-electron chi connectivity index (χ4n) is 2.50. The highest BCUT2D eigenvalue weighted by Gasteiger charge is 2.28. The third kappa shape index (κ3) is 4.11. The van der Waals surface area contributed by atoms with E-state index in [1.54, 1.807) is 18.2 Å². The summed E-state index contributed by atoms with van der Waals surface area (Å²) in [4.78, 5) is 29.4. The van der Waals surface area contributed by atoms with Gasteiger partial charge in [-0.3, -0.25) is 14.9 Å². The molecule has 1 heterocycles. The third-order valence-corrected chi connectivity index (χ3v) is 4.05. The van der Waals surface area contributed by atoms with Crippen LogP contribution in [0.3, 0.4) is 0 Å². The number of unbranched alkanes of at least 4 members (excludes halogenated alkanes) is 1. The number of para-hydroxylation sites is 1. The molecule has 1 atom stereocenters. The first-order valence-corrected chi connectivity index (χ1v) is 8.01. The molecule has 7 nitrogen and oxygen atoms in total.